The summed E-state index contributed by atoms with van der Waals surface area (Å²) in [5, 5.41) is 14.0. The van der Waals surface area contributed by atoms with E-state index >= 15 is 0 Å². The van der Waals surface area contributed by atoms with E-state index in [0.29, 0.717) is 5.56 Å². The van der Waals surface area contributed by atoms with Crippen LogP contribution in [0.15, 0.2) is 66.7 Å². The topological polar surface area (TPSA) is 66.4 Å². The third kappa shape index (κ3) is 4.25. The van der Waals surface area contributed by atoms with Crippen LogP contribution in [0.4, 0.5) is 4.39 Å². The molecule has 5 heteroatoms. The lowest BCUT2D eigenvalue weighted by molar-refractivity contribution is -0.141. The summed E-state index contributed by atoms with van der Waals surface area (Å²) in [6.45, 7) is 0. The van der Waals surface area contributed by atoms with Crippen molar-refractivity contribution < 1.29 is 19.1 Å². The zero-order chi connectivity index (χ0) is 18.5. The largest absolute Gasteiger partial charge is 0.480 e. The fourth-order valence-corrected chi connectivity index (χ4v) is 2.92. The fourth-order valence-electron chi connectivity index (χ4n) is 2.92. The van der Waals surface area contributed by atoms with Crippen molar-refractivity contribution in [1.82, 2.24) is 5.32 Å². The van der Waals surface area contributed by atoms with Gasteiger partial charge in [-0.3, -0.25) is 4.79 Å². The van der Waals surface area contributed by atoms with Crippen molar-refractivity contribution in [3.05, 3.63) is 83.7 Å². The summed E-state index contributed by atoms with van der Waals surface area (Å²) in [6.07, 6.45) is 0.186. The van der Waals surface area contributed by atoms with E-state index in [0.717, 1.165) is 16.3 Å². The van der Waals surface area contributed by atoms with E-state index in [1.807, 2.05) is 42.5 Å². The van der Waals surface area contributed by atoms with Crippen molar-refractivity contribution in [1.29, 1.82) is 0 Å². The van der Waals surface area contributed by atoms with Gasteiger partial charge in [0, 0.05) is 6.42 Å². The highest BCUT2D eigenvalue weighted by Gasteiger charge is 2.21. The van der Waals surface area contributed by atoms with Gasteiger partial charge in [0.15, 0.2) is 0 Å². The average Bonchev–Trinajstić information content (AvgIpc) is 2.63. The van der Waals surface area contributed by atoms with E-state index in [1.54, 1.807) is 0 Å². The number of carbonyl (C=O) groups excluding carboxylic acids is 1. The van der Waals surface area contributed by atoms with Crippen molar-refractivity contribution in [2.45, 2.75) is 18.9 Å². The normalized spacial score (nSPS) is 11.9. The lowest BCUT2D eigenvalue weighted by Gasteiger charge is -2.16. The van der Waals surface area contributed by atoms with E-state index in [4.69, 9.17) is 0 Å². The molecule has 0 aliphatic carbocycles. The van der Waals surface area contributed by atoms with Gasteiger partial charge in [-0.15, -0.1) is 0 Å². The van der Waals surface area contributed by atoms with Crippen molar-refractivity contribution >= 4 is 22.6 Å². The molecule has 26 heavy (non-hydrogen) atoms. The van der Waals surface area contributed by atoms with E-state index in [1.165, 1.54) is 24.3 Å². The van der Waals surface area contributed by atoms with Gasteiger partial charge in [0.2, 0.25) is 5.91 Å². The molecule has 132 valence electrons. The maximum absolute atomic E-state index is 12.9. The summed E-state index contributed by atoms with van der Waals surface area (Å²) in [7, 11) is 0. The van der Waals surface area contributed by atoms with Crippen LogP contribution < -0.4 is 5.32 Å². The number of benzene rings is 3. The second kappa shape index (κ2) is 7.78. The van der Waals surface area contributed by atoms with Crippen LogP contribution in [0.2, 0.25) is 0 Å². The SMILES string of the molecule is O=C(Cc1ccc(F)cc1)N[C@@H](Cc1cccc2ccccc12)C(=O)O. The van der Waals surface area contributed by atoms with Gasteiger partial charge in [-0.25, -0.2) is 9.18 Å². The first kappa shape index (κ1) is 17.6. The molecule has 3 rings (SSSR count). The van der Waals surface area contributed by atoms with Gasteiger partial charge in [0.05, 0.1) is 6.42 Å². The van der Waals surface area contributed by atoms with Crippen LogP contribution in [0.3, 0.4) is 0 Å². The molecule has 0 aliphatic heterocycles. The smallest absolute Gasteiger partial charge is 0.326 e. The Labute approximate surface area is 150 Å². The van der Waals surface area contributed by atoms with E-state index in [9.17, 15) is 19.1 Å². The minimum Gasteiger partial charge on any atom is -0.480 e. The average molecular weight is 351 g/mol. The molecule has 0 saturated carbocycles. The van der Waals surface area contributed by atoms with Gasteiger partial charge in [0.1, 0.15) is 11.9 Å². The number of rotatable bonds is 6. The van der Waals surface area contributed by atoms with Crippen LogP contribution in [0.5, 0.6) is 0 Å². The first-order valence-electron chi connectivity index (χ1n) is 8.26. The number of halogens is 1. The molecule has 0 heterocycles. The summed E-state index contributed by atoms with van der Waals surface area (Å²) in [6, 6.07) is 17.9. The Balaban J connectivity index is 1.73. The zero-order valence-corrected chi connectivity index (χ0v) is 14.0. The second-order valence-corrected chi connectivity index (χ2v) is 6.10. The zero-order valence-electron chi connectivity index (χ0n) is 14.0. The first-order valence-corrected chi connectivity index (χ1v) is 8.26. The maximum Gasteiger partial charge on any atom is 0.326 e. The summed E-state index contributed by atoms with van der Waals surface area (Å²) >= 11 is 0. The number of amides is 1. The highest BCUT2D eigenvalue weighted by molar-refractivity contribution is 5.88. The number of carboxylic acids is 1. The van der Waals surface area contributed by atoms with Gasteiger partial charge in [-0.2, -0.15) is 0 Å². The number of hydrogen-bond acceptors (Lipinski definition) is 2. The van der Waals surface area contributed by atoms with Gasteiger partial charge in [0.25, 0.3) is 0 Å². The highest BCUT2D eigenvalue weighted by Crippen LogP contribution is 2.20. The number of aliphatic carboxylic acids is 1. The number of carboxylic acid groups (broad SMARTS) is 1. The molecule has 4 nitrogen and oxygen atoms in total. The van der Waals surface area contributed by atoms with Crippen LogP contribution in [0, 0.1) is 5.82 Å². The molecule has 0 saturated heterocycles. The van der Waals surface area contributed by atoms with Gasteiger partial charge >= 0.3 is 5.97 Å². The maximum atomic E-state index is 12.9. The second-order valence-electron chi connectivity index (χ2n) is 6.10. The predicted molar refractivity (Wildman–Crippen MR) is 97.3 cm³/mol. The minimum atomic E-state index is -1.09. The van der Waals surface area contributed by atoms with E-state index in [2.05, 4.69) is 5.32 Å². The monoisotopic (exact) mass is 351 g/mol. The molecule has 3 aromatic carbocycles. The molecule has 0 bridgehead atoms. The Morgan fingerprint density at radius 3 is 2.38 bits per heavy atom. The summed E-state index contributed by atoms with van der Waals surface area (Å²) in [5.74, 6) is -1.89. The number of hydrogen-bond donors (Lipinski definition) is 2. The lowest BCUT2D eigenvalue weighted by Crippen LogP contribution is -2.43. The predicted octanol–water partition coefficient (Wildman–Crippen LogP) is 3.33. The number of fused-ring (bicyclic) bond motifs is 1. The molecule has 1 amide bonds. The van der Waals surface area contributed by atoms with Crippen LogP contribution in [-0.2, 0) is 22.4 Å². The molecule has 0 aliphatic rings. The van der Waals surface area contributed by atoms with Crippen LogP contribution in [-0.4, -0.2) is 23.0 Å². The van der Waals surface area contributed by atoms with Crippen molar-refractivity contribution in [2.24, 2.45) is 0 Å². The molecule has 2 N–H and O–H groups in total. The lowest BCUT2D eigenvalue weighted by atomic mass is 9.98. The van der Waals surface area contributed by atoms with Crippen molar-refractivity contribution in [3.8, 4) is 0 Å². The third-order valence-corrected chi connectivity index (χ3v) is 4.22. The Bertz CT molecular complexity index is 932. The Kier molecular flexibility index (Phi) is 5.27. The molecule has 3 aromatic rings. The minimum absolute atomic E-state index is 0.000399. The van der Waals surface area contributed by atoms with Gasteiger partial charge in [-0.1, -0.05) is 54.6 Å². The summed E-state index contributed by atoms with van der Waals surface area (Å²) in [5.41, 5.74) is 1.48. The van der Waals surface area contributed by atoms with Crippen LogP contribution in [0.1, 0.15) is 11.1 Å². The molecular weight excluding hydrogens is 333 g/mol. The molecule has 0 radical (unpaired) electrons. The molecule has 0 spiro atoms. The molecular formula is C21H18FNO3. The van der Waals surface area contributed by atoms with Crippen molar-refractivity contribution in [2.75, 3.05) is 0 Å². The highest BCUT2D eigenvalue weighted by atomic mass is 19.1. The fraction of sp³-hybridized carbons (Fsp3) is 0.143. The van der Waals surface area contributed by atoms with Gasteiger partial charge < -0.3 is 10.4 Å². The van der Waals surface area contributed by atoms with Crippen molar-refractivity contribution in [3.63, 3.8) is 0 Å². The van der Waals surface area contributed by atoms with E-state index < -0.39 is 17.9 Å². The Hall–Kier alpha value is -3.21. The Morgan fingerprint density at radius 1 is 0.962 bits per heavy atom. The third-order valence-electron chi connectivity index (χ3n) is 4.22. The first-order chi connectivity index (χ1) is 12.5. The Morgan fingerprint density at radius 2 is 1.65 bits per heavy atom. The molecule has 0 aromatic heterocycles. The quantitative estimate of drug-likeness (QED) is 0.716. The molecule has 0 unspecified atom stereocenters. The molecule has 1 atom stereocenters. The number of carbonyl (C=O) groups is 2. The van der Waals surface area contributed by atoms with Crippen LogP contribution >= 0.6 is 0 Å². The van der Waals surface area contributed by atoms with Gasteiger partial charge in [-0.05, 0) is 34.0 Å². The summed E-state index contributed by atoms with van der Waals surface area (Å²) < 4.78 is 12.9. The summed E-state index contributed by atoms with van der Waals surface area (Å²) in [4.78, 5) is 23.8. The molecule has 0 fully saturated rings. The number of nitrogens with one attached hydrogen (secondary N) is 1. The van der Waals surface area contributed by atoms with E-state index in [-0.39, 0.29) is 18.7 Å². The standard InChI is InChI=1S/C21H18FNO3/c22-17-10-8-14(9-11-17)12-20(24)23-19(21(25)26)13-16-6-3-5-15-4-1-2-7-18(15)16/h1-11,19H,12-13H2,(H,23,24)(H,25,26)/t19-/m0/s1. The van der Waals surface area contributed by atoms with Crippen LogP contribution in [0.25, 0.3) is 10.8 Å².